The third-order valence-electron chi connectivity index (χ3n) is 12.6. The van der Waals surface area contributed by atoms with Crippen molar-refractivity contribution in [3.8, 4) is 0 Å². The Hall–Kier alpha value is -1.40. The first kappa shape index (κ1) is 58.6. The fourth-order valence-corrected chi connectivity index (χ4v) is 8.49. The normalized spacial score (nSPS) is 13.2. The van der Waals surface area contributed by atoms with Gasteiger partial charge in [-0.3, -0.25) is 9.59 Å². The Morgan fingerprint density at radius 1 is 0.467 bits per heavy atom. The highest BCUT2D eigenvalue weighted by Crippen LogP contribution is 2.19. The molecule has 0 aromatic heterocycles. The van der Waals surface area contributed by atoms with E-state index in [1.165, 1.54) is 205 Å². The number of allylic oxidation sites excluding steroid dienone is 2. The molecule has 6 heteroatoms. The third kappa shape index (κ3) is 43.3. The highest BCUT2D eigenvalue weighted by Gasteiger charge is 2.24. The van der Waals surface area contributed by atoms with Crippen LogP contribution in [0.15, 0.2) is 12.2 Å². The predicted molar refractivity (Wildman–Crippen MR) is 260 cm³/mol. The van der Waals surface area contributed by atoms with E-state index in [0.717, 1.165) is 44.9 Å². The van der Waals surface area contributed by atoms with Gasteiger partial charge in [0.2, 0.25) is 5.91 Å². The van der Waals surface area contributed by atoms with Crippen LogP contribution < -0.4 is 5.32 Å². The molecule has 0 aromatic rings. The summed E-state index contributed by atoms with van der Waals surface area (Å²) in [5, 5.41) is 23.8. The Balaban J connectivity index is 4.51. The number of hydrogen-bond acceptors (Lipinski definition) is 5. The molecule has 0 fully saturated rings. The van der Waals surface area contributed by atoms with E-state index in [4.69, 9.17) is 4.74 Å². The standard InChI is InChI=1S/C54H105NO5/c1-4-7-10-13-16-19-22-24-25-26-27-29-32-35-38-41-44-47-54(59)60-50(45-42-39-36-33-31-28-23-20-17-14-11-8-5-2)48-53(58)55-51(49-56)52(57)46-43-40-37-34-30-21-18-15-12-9-6-3/h24-25,50-52,56-57H,4-23,26-49H2,1-3H3,(H,55,58)/b25-24+. The smallest absolute Gasteiger partial charge is 0.306 e. The summed E-state index contributed by atoms with van der Waals surface area (Å²) in [4.78, 5) is 26.2. The maximum Gasteiger partial charge on any atom is 0.306 e. The molecule has 3 atom stereocenters. The van der Waals surface area contributed by atoms with Crippen LogP contribution in [0.5, 0.6) is 0 Å². The monoisotopic (exact) mass is 848 g/mol. The van der Waals surface area contributed by atoms with Crippen LogP contribution in [0.2, 0.25) is 0 Å². The van der Waals surface area contributed by atoms with Crippen LogP contribution in [-0.2, 0) is 14.3 Å². The van der Waals surface area contributed by atoms with Crippen LogP contribution in [0.4, 0.5) is 0 Å². The van der Waals surface area contributed by atoms with Crippen LogP contribution in [-0.4, -0.2) is 46.9 Å². The molecule has 0 aliphatic heterocycles. The number of hydrogen-bond donors (Lipinski definition) is 3. The lowest BCUT2D eigenvalue weighted by atomic mass is 10.0. The molecule has 6 nitrogen and oxygen atoms in total. The molecule has 356 valence electrons. The molecule has 3 N–H and O–H groups in total. The SMILES string of the molecule is CCCCCCCC/C=C/CCCCCCCCCC(=O)OC(CCCCCCCCCCCCCCC)CC(=O)NC(CO)C(O)CCCCCCCCCCCCC. The minimum atomic E-state index is -0.781. The lowest BCUT2D eigenvalue weighted by Crippen LogP contribution is -2.46. The molecule has 0 aliphatic carbocycles. The minimum Gasteiger partial charge on any atom is -0.462 e. The maximum absolute atomic E-state index is 13.2. The number of aliphatic hydroxyl groups excluding tert-OH is 2. The van der Waals surface area contributed by atoms with E-state index in [0.29, 0.717) is 19.3 Å². The summed E-state index contributed by atoms with van der Waals surface area (Å²) >= 11 is 0. The summed E-state index contributed by atoms with van der Waals surface area (Å²) in [5.41, 5.74) is 0. The second-order valence-corrected chi connectivity index (χ2v) is 18.6. The van der Waals surface area contributed by atoms with Crippen LogP contribution in [0.25, 0.3) is 0 Å². The minimum absolute atomic E-state index is 0.0832. The van der Waals surface area contributed by atoms with Crippen LogP contribution in [0.3, 0.4) is 0 Å². The summed E-state index contributed by atoms with van der Waals surface area (Å²) in [6.45, 7) is 6.50. The fourth-order valence-electron chi connectivity index (χ4n) is 8.49. The van der Waals surface area contributed by atoms with Crippen molar-refractivity contribution in [3.63, 3.8) is 0 Å². The van der Waals surface area contributed by atoms with Crippen molar-refractivity contribution in [1.82, 2.24) is 5.32 Å². The third-order valence-corrected chi connectivity index (χ3v) is 12.6. The fraction of sp³-hybridized carbons (Fsp3) is 0.926. The van der Waals surface area contributed by atoms with E-state index in [2.05, 4.69) is 38.2 Å². The number of carbonyl (C=O) groups is 2. The van der Waals surface area contributed by atoms with E-state index in [9.17, 15) is 19.8 Å². The van der Waals surface area contributed by atoms with E-state index in [1.54, 1.807) is 0 Å². The van der Waals surface area contributed by atoms with Gasteiger partial charge in [-0.15, -0.1) is 0 Å². The van der Waals surface area contributed by atoms with Gasteiger partial charge in [0, 0.05) is 6.42 Å². The summed E-state index contributed by atoms with van der Waals surface area (Å²) in [7, 11) is 0. The van der Waals surface area contributed by atoms with Crippen LogP contribution in [0, 0.1) is 0 Å². The molecule has 0 rings (SSSR count). The van der Waals surface area contributed by atoms with Gasteiger partial charge in [-0.05, 0) is 51.4 Å². The summed E-state index contributed by atoms with van der Waals surface area (Å²) < 4.78 is 5.95. The van der Waals surface area contributed by atoms with E-state index >= 15 is 0 Å². The zero-order valence-electron chi connectivity index (χ0n) is 40.6. The number of unbranched alkanes of at least 4 members (excludes halogenated alkanes) is 35. The van der Waals surface area contributed by atoms with Crippen LogP contribution in [0.1, 0.15) is 297 Å². The Kier molecular flexibility index (Phi) is 47.5. The Morgan fingerprint density at radius 2 is 0.800 bits per heavy atom. The molecule has 60 heavy (non-hydrogen) atoms. The van der Waals surface area contributed by atoms with Gasteiger partial charge in [0.05, 0.1) is 25.2 Å². The Bertz CT molecular complexity index is 909. The van der Waals surface area contributed by atoms with Crippen LogP contribution >= 0.6 is 0 Å². The second kappa shape index (κ2) is 48.6. The first-order valence-corrected chi connectivity index (χ1v) is 26.9. The average Bonchev–Trinajstić information content (AvgIpc) is 3.24. The largest absolute Gasteiger partial charge is 0.462 e. The number of rotatable bonds is 49. The Morgan fingerprint density at radius 3 is 1.18 bits per heavy atom. The first-order valence-electron chi connectivity index (χ1n) is 26.9. The molecule has 0 aromatic carbocycles. The molecule has 1 amide bonds. The number of esters is 1. The van der Waals surface area contributed by atoms with E-state index < -0.39 is 18.2 Å². The van der Waals surface area contributed by atoms with Crippen molar-refractivity contribution in [2.75, 3.05) is 6.61 Å². The van der Waals surface area contributed by atoms with Gasteiger partial charge in [0.1, 0.15) is 6.10 Å². The highest BCUT2D eigenvalue weighted by atomic mass is 16.5. The predicted octanol–water partition coefficient (Wildman–Crippen LogP) is 16.1. The topological polar surface area (TPSA) is 95.9 Å². The van der Waals surface area contributed by atoms with Gasteiger partial charge in [0.25, 0.3) is 0 Å². The van der Waals surface area contributed by atoms with Gasteiger partial charge in [-0.2, -0.15) is 0 Å². The summed E-state index contributed by atoms with van der Waals surface area (Å²) in [5.74, 6) is -0.460. The molecular formula is C54H105NO5. The van der Waals surface area contributed by atoms with Crippen molar-refractivity contribution < 1.29 is 24.5 Å². The van der Waals surface area contributed by atoms with Gasteiger partial charge < -0.3 is 20.3 Å². The molecule has 0 heterocycles. The van der Waals surface area contributed by atoms with Gasteiger partial charge in [-0.1, -0.05) is 245 Å². The molecule has 0 saturated carbocycles. The van der Waals surface area contributed by atoms with Crippen molar-refractivity contribution in [2.24, 2.45) is 0 Å². The molecule has 0 saturated heterocycles. The van der Waals surface area contributed by atoms with Gasteiger partial charge in [0.15, 0.2) is 0 Å². The maximum atomic E-state index is 13.2. The zero-order valence-corrected chi connectivity index (χ0v) is 40.6. The number of ether oxygens (including phenoxy) is 1. The van der Waals surface area contributed by atoms with Crippen molar-refractivity contribution in [2.45, 2.75) is 315 Å². The number of nitrogens with one attached hydrogen (secondary N) is 1. The Labute approximate surface area is 374 Å². The lowest BCUT2D eigenvalue weighted by Gasteiger charge is -2.24. The molecule has 3 unspecified atom stereocenters. The van der Waals surface area contributed by atoms with Crippen molar-refractivity contribution in [3.05, 3.63) is 12.2 Å². The summed E-state index contributed by atoms with van der Waals surface area (Å²) in [6, 6.07) is -0.695. The van der Waals surface area contributed by atoms with Crippen molar-refractivity contribution in [1.29, 1.82) is 0 Å². The molecule has 0 spiro atoms. The van der Waals surface area contributed by atoms with Gasteiger partial charge >= 0.3 is 5.97 Å². The highest BCUT2D eigenvalue weighted by molar-refractivity contribution is 5.77. The quantitative estimate of drug-likeness (QED) is 0.0322. The van der Waals surface area contributed by atoms with E-state index in [-0.39, 0.29) is 24.9 Å². The lowest BCUT2D eigenvalue weighted by molar-refractivity contribution is -0.151. The second-order valence-electron chi connectivity index (χ2n) is 18.6. The first-order chi connectivity index (χ1) is 29.5. The molecule has 0 radical (unpaired) electrons. The number of carbonyl (C=O) groups excluding carboxylic acids is 2. The zero-order chi connectivity index (χ0) is 43.8. The van der Waals surface area contributed by atoms with Gasteiger partial charge in [-0.25, -0.2) is 0 Å². The van der Waals surface area contributed by atoms with E-state index in [1.807, 2.05) is 0 Å². The summed E-state index contributed by atoms with van der Waals surface area (Å²) in [6.07, 6.45) is 54.1. The molecule has 0 bridgehead atoms. The average molecular weight is 848 g/mol. The number of aliphatic hydroxyl groups is 2. The van der Waals surface area contributed by atoms with Crippen molar-refractivity contribution >= 4 is 11.9 Å². The molecular weight excluding hydrogens is 743 g/mol. The molecule has 0 aliphatic rings. The number of amides is 1.